The molecule has 1 aliphatic rings. The molecule has 1 heterocycles. The minimum Gasteiger partial charge on any atom is -0.289 e. The van der Waals surface area contributed by atoms with Crippen molar-refractivity contribution < 1.29 is 9.00 Å². The van der Waals surface area contributed by atoms with Crippen LogP contribution >= 0.6 is 0 Å². The summed E-state index contributed by atoms with van der Waals surface area (Å²) in [6.45, 7) is 0. The molecule has 0 aliphatic carbocycles. The molecule has 84 valence electrons. The molecule has 0 spiro atoms. The molecule has 17 heavy (non-hydrogen) atoms. The van der Waals surface area contributed by atoms with Crippen molar-refractivity contribution in [1.29, 1.82) is 4.78 Å². The van der Waals surface area contributed by atoms with Crippen molar-refractivity contribution in [3.8, 4) is 0 Å². The number of fused-ring (bicyclic) bond motifs is 2. The summed E-state index contributed by atoms with van der Waals surface area (Å²) in [6, 6.07) is 13.3. The van der Waals surface area contributed by atoms with Crippen molar-refractivity contribution in [1.82, 2.24) is 0 Å². The molecule has 1 N–H and O–H groups in total. The molecule has 0 saturated carbocycles. The molecule has 0 amide bonds. The van der Waals surface area contributed by atoms with Gasteiger partial charge in [-0.1, -0.05) is 24.3 Å². The molecule has 3 rings (SSSR count). The van der Waals surface area contributed by atoms with E-state index in [-0.39, 0.29) is 5.78 Å². The highest BCUT2D eigenvalue weighted by atomic mass is 32.2. The third kappa shape index (κ3) is 1.27. The number of carbonyl (C=O) groups excluding carboxylic acids is 1. The van der Waals surface area contributed by atoms with E-state index in [4.69, 9.17) is 4.78 Å². The average Bonchev–Trinajstić information content (AvgIpc) is 2.37. The quantitative estimate of drug-likeness (QED) is 0.660. The van der Waals surface area contributed by atoms with Crippen LogP contribution in [0.1, 0.15) is 15.9 Å². The number of ketones is 1. The lowest BCUT2D eigenvalue weighted by Gasteiger charge is -2.20. The number of carbonyl (C=O) groups is 1. The molecule has 0 aromatic heterocycles. The van der Waals surface area contributed by atoms with Crippen LogP contribution in [0.4, 0.5) is 0 Å². The Bertz CT molecular complexity index is 677. The molecule has 0 radical (unpaired) electrons. The molecule has 0 atom stereocenters. The first kappa shape index (κ1) is 10.2. The van der Waals surface area contributed by atoms with Crippen LogP contribution in [0.5, 0.6) is 0 Å². The van der Waals surface area contributed by atoms with Gasteiger partial charge in [-0.2, -0.15) is 0 Å². The molecule has 1 aliphatic heterocycles. The van der Waals surface area contributed by atoms with E-state index < -0.39 is 9.73 Å². The molecular weight excluding hydrogens is 234 g/mol. The fourth-order valence-corrected chi connectivity index (χ4v) is 3.79. The van der Waals surface area contributed by atoms with Gasteiger partial charge in [0, 0.05) is 11.1 Å². The van der Waals surface area contributed by atoms with Gasteiger partial charge >= 0.3 is 0 Å². The van der Waals surface area contributed by atoms with Crippen LogP contribution in [-0.4, -0.2) is 9.99 Å². The number of hydrogen-bond acceptors (Lipinski definition) is 3. The number of nitrogens with one attached hydrogen (secondary N) is 1. The summed E-state index contributed by atoms with van der Waals surface area (Å²) in [5.41, 5.74) is 0.761. The van der Waals surface area contributed by atoms with E-state index in [0.29, 0.717) is 20.9 Å². The minimum atomic E-state index is -3.06. The van der Waals surface area contributed by atoms with Crippen molar-refractivity contribution in [3.05, 3.63) is 59.7 Å². The Balaban J connectivity index is 2.47. The molecule has 2 aromatic carbocycles. The van der Waals surface area contributed by atoms with E-state index in [0.717, 1.165) is 0 Å². The van der Waals surface area contributed by atoms with Crippen molar-refractivity contribution >= 4 is 15.5 Å². The third-order valence-corrected chi connectivity index (χ3v) is 4.83. The second kappa shape index (κ2) is 3.28. The summed E-state index contributed by atoms with van der Waals surface area (Å²) in [7, 11) is -3.06. The van der Waals surface area contributed by atoms with E-state index in [9.17, 15) is 9.00 Å². The fourth-order valence-electron chi connectivity index (χ4n) is 2.07. The highest BCUT2D eigenvalue weighted by Gasteiger charge is 2.31. The molecule has 0 bridgehead atoms. The molecule has 2 aromatic rings. The van der Waals surface area contributed by atoms with Crippen LogP contribution < -0.4 is 0 Å². The number of hydrogen-bond donors (Lipinski definition) is 1. The lowest BCUT2D eigenvalue weighted by Crippen LogP contribution is -2.18. The minimum absolute atomic E-state index is 0.151. The Morgan fingerprint density at radius 2 is 1.24 bits per heavy atom. The monoisotopic (exact) mass is 243 g/mol. The van der Waals surface area contributed by atoms with Gasteiger partial charge in [-0.25, -0.2) is 8.99 Å². The first-order valence-corrected chi connectivity index (χ1v) is 6.70. The van der Waals surface area contributed by atoms with Gasteiger partial charge in [-0.3, -0.25) is 4.79 Å². The third-order valence-electron chi connectivity index (χ3n) is 2.88. The maximum atomic E-state index is 12.5. The van der Waals surface area contributed by atoms with Gasteiger partial charge in [-0.15, -0.1) is 0 Å². The highest BCUT2D eigenvalue weighted by molar-refractivity contribution is 7.92. The first-order chi connectivity index (χ1) is 8.12. The average molecular weight is 243 g/mol. The summed E-state index contributed by atoms with van der Waals surface area (Å²) in [6.07, 6.45) is 0. The van der Waals surface area contributed by atoms with Gasteiger partial charge in [-0.05, 0) is 24.3 Å². The first-order valence-electron chi connectivity index (χ1n) is 5.14. The molecule has 0 unspecified atom stereocenters. The SMILES string of the molecule is N=S1(=O)c2ccccc2C(=O)c2ccccc21. The normalized spacial score (nSPS) is 16.1. The second-order valence-electron chi connectivity index (χ2n) is 3.88. The topological polar surface area (TPSA) is 58.0 Å². The van der Waals surface area contributed by atoms with Gasteiger partial charge in [0.15, 0.2) is 5.78 Å². The van der Waals surface area contributed by atoms with Crippen LogP contribution in [-0.2, 0) is 9.73 Å². The lowest BCUT2D eigenvalue weighted by molar-refractivity contribution is 0.103. The number of rotatable bonds is 0. The Morgan fingerprint density at radius 3 is 1.71 bits per heavy atom. The van der Waals surface area contributed by atoms with E-state index >= 15 is 0 Å². The van der Waals surface area contributed by atoms with Crippen molar-refractivity contribution in [2.75, 3.05) is 0 Å². The maximum Gasteiger partial charge on any atom is 0.195 e. The second-order valence-corrected chi connectivity index (χ2v) is 5.87. The Labute approximate surface area is 99.1 Å². The number of benzene rings is 2. The van der Waals surface area contributed by atoms with Gasteiger partial charge in [0.2, 0.25) is 0 Å². The smallest absolute Gasteiger partial charge is 0.195 e. The van der Waals surface area contributed by atoms with Crippen molar-refractivity contribution in [2.45, 2.75) is 9.79 Å². The molecule has 0 saturated heterocycles. The predicted octanol–water partition coefficient (Wildman–Crippen LogP) is 2.70. The van der Waals surface area contributed by atoms with Crippen LogP contribution in [0.3, 0.4) is 0 Å². The predicted molar refractivity (Wildman–Crippen MR) is 63.7 cm³/mol. The van der Waals surface area contributed by atoms with Crippen LogP contribution in [0.2, 0.25) is 0 Å². The van der Waals surface area contributed by atoms with Crippen LogP contribution in [0.25, 0.3) is 0 Å². The van der Waals surface area contributed by atoms with E-state index in [1.807, 2.05) is 0 Å². The fraction of sp³-hybridized carbons (Fsp3) is 0. The molecule has 3 nitrogen and oxygen atoms in total. The Kier molecular flexibility index (Phi) is 1.97. The zero-order valence-electron chi connectivity index (χ0n) is 8.84. The Hall–Kier alpha value is -1.94. The summed E-state index contributed by atoms with van der Waals surface area (Å²) in [5, 5.41) is 0. The van der Waals surface area contributed by atoms with Gasteiger partial charge in [0.25, 0.3) is 0 Å². The highest BCUT2D eigenvalue weighted by Crippen LogP contribution is 2.34. The molecule has 4 heteroatoms. The van der Waals surface area contributed by atoms with Crippen LogP contribution in [0, 0.1) is 4.78 Å². The summed E-state index contributed by atoms with van der Waals surface area (Å²) in [4.78, 5) is 12.8. The standard InChI is InChI=1S/C13H9NO2S/c14-17(16)11-7-3-1-5-9(11)13(15)10-6-2-4-8-12(10)17/h1-8,14H. The van der Waals surface area contributed by atoms with Gasteiger partial charge in [0.1, 0.15) is 9.73 Å². The van der Waals surface area contributed by atoms with E-state index in [1.165, 1.54) is 0 Å². The van der Waals surface area contributed by atoms with E-state index in [2.05, 4.69) is 0 Å². The zero-order valence-corrected chi connectivity index (χ0v) is 9.66. The largest absolute Gasteiger partial charge is 0.289 e. The lowest BCUT2D eigenvalue weighted by atomic mass is 10.0. The van der Waals surface area contributed by atoms with Gasteiger partial charge < -0.3 is 0 Å². The molecule has 0 fully saturated rings. The van der Waals surface area contributed by atoms with Crippen molar-refractivity contribution in [3.63, 3.8) is 0 Å². The maximum absolute atomic E-state index is 12.5. The van der Waals surface area contributed by atoms with E-state index in [1.54, 1.807) is 48.5 Å². The van der Waals surface area contributed by atoms with Crippen molar-refractivity contribution in [2.24, 2.45) is 0 Å². The van der Waals surface area contributed by atoms with Gasteiger partial charge in [0.05, 0.1) is 9.79 Å². The summed E-state index contributed by atoms with van der Waals surface area (Å²) in [5.74, 6) is -0.151. The molecular formula is C13H9NO2S. The van der Waals surface area contributed by atoms with Crippen LogP contribution in [0.15, 0.2) is 58.3 Å². The summed E-state index contributed by atoms with van der Waals surface area (Å²) >= 11 is 0. The summed E-state index contributed by atoms with van der Waals surface area (Å²) < 4.78 is 20.6. The zero-order chi connectivity index (χ0) is 12.0. The Morgan fingerprint density at radius 1 is 0.824 bits per heavy atom.